The van der Waals surface area contributed by atoms with Crippen molar-refractivity contribution in [3.8, 4) is 0 Å². The van der Waals surface area contributed by atoms with Crippen LogP contribution in [-0.2, 0) is 0 Å². The largest absolute Gasteiger partial charge is 0.348 e. The van der Waals surface area contributed by atoms with Gasteiger partial charge in [0.15, 0.2) is 5.78 Å². The van der Waals surface area contributed by atoms with Crippen LogP contribution in [0.1, 0.15) is 39.1 Å². The lowest BCUT2D eigenvalue weighted by atomic mass is 9.97. The van der Waals surface area contributed by atoms with Crippen molar-refractivity contribution in [3.05, 3.63) is 70.2 Å². The van der Waals surface area contributed by atoms with Gasteiger partial charge >= 0.3 is 0 Å². The van der Waals surface area contributed by atoms with Gasteiger partial charge in [-0.2, -0.15) is 0 Å². The third-order valence-corrected chi connectivity index (χ3v) is 4.41. The Balaban J connectivity index is 0.00000225. The number of hydrogen-bond acceptors (Lipinski definition) is 3. The van der Waals surface area contributed by atoms with Crippen LogP contribution in [0.15, 0.2) is 48.5 Å². The fraction of sp³-hybridized carbons (Fsp3) is 0.263. The van der Waals surface area contributed by atoms with Crippen LogP contribution in [-0.4, -0.2) is 30.8 Å². The summed E-state index contributed by atoms with van der Waals surface area (Å²) in [6.07, 6.45) is 1.99. The van der Waals surface area contributed by atoms with E-state index >= 15 is 0 Å². The molecule has 132 valence electrons. The molecule has 0 aromatic heterocycles. The number of carbonyl (C=O) groups excluding carboxylic acids is 2. The summed E-state index contributed by atoms with van der Waals surface area (Å²) >= 11 is 5.87. The smallest absolute Gasteiger partial charge is 0.252 e. The highest BCUT2D eigenvalue weighted by Crippen LogP contribution is 2.17. The Hall–Kier alpha value is -1.88. The molecule has 25 heavy (non-hydrogen) atoms. The van der Waals surface area contributed by atoms with Crippen molar-refractivity contribution in [2.24, 2.45) is 0 Å². The number of amides is 1. The Morgan fingerprint density at radius 3 is 2.36 bits per heavy atom. The van der Waals surface area contributed by atoms with Crippen LogP contribution in [0, 0.1) is 0 Å². The fourth-order valence-corrected chi connectivity index (χ4v) is 3.00. The van der Waals surface area contributed by atoms with Crippen molar-refractivity contribution in [2.45, 2.75) is 18.9 Å². The summed E-state index contributed by atoms with van der Waals surface area (Å²) in [6, 6.07) is 13.7. The van der Waals surface area contributed by atoms with Crippen molar-refractivity contribution in [1.82, 2.24) is 10.6 Å². The summed E-state index contributed by atoms with van der Waals surface area (Å²) in [7, 11) is 0. The second kappa shape index (κ2) is 8.99. The van der Waals surface area contributed by atoms with Crippen molar-refractivity contribution < 1.29 is 9.59 Å². The highest BCUT2D eigenvalue weighted by molar-refractivity contribution is 6.30. The molecule has 3 rings (SSSR count). The van der Waals surface area contributed by atoms with E-state index in [1.807, 2.05) is 0 Å². The molecule has 1 aliphatic rings. The van der Waals surface area contributed by atoms with Gasteiger partial charge in [-0.15, -0.1) is 12.4 Å². The molecule has 1 fully saturated rings. The Morgan fingerprint density at radius 2 is 1.72 bits per heavy atom. The maximum atomic E-state index is 12.7. The minimum atomic E-state index is -0.207. The number of halogens is 2. The summed E-state index contributed by atoms with van der Waals surface area (Å²) in [5.74, 6) is -0.388. The summed E-state index contributed by atoms with van der Waals surface area (Å²) in [6.45, 7) is 1.75. The third-order valence-electron chi connectivity index (χ3n) is 4.15. The SMILES string of the molecule is Cl.O=C(NC1CCCNC1)c1ccccc1C(=O)c1ccc(Cl)cc1. The standard InChI is InChI=1S/C19H19ClN2O2.ClH/c20-14-9-7-13(8-10-14)18(23)16-5-1-2-6-17(16)19(24)22-15-4-3-11-21-12-15;/h1-2,5-10,15,21H,3-4,11-12H2,(H,22,24);1H. The van der Waals surface area contributed by atoms with Crippen LogP contribution < -0.4 is 10.6 Å². The summed E-state index contributed by atoms with van der Waals surface area (Å²) in [5.41, 5.74) is 1.32. The number of ketones is 1. The molecule has 0 saturated carbocycles. The highest BCUT2D eigenvalue weighted by atomic mass is 35.5. The number of piperidine rings is 1. The fourth-order valence-electron chi connectivity index (χ4n) is 2.87. The molecule has 4 nitrogen and oxygen atoms in total. The van der Waals surface area contributed by atoms with Gasteiger partial charge in [0.25, 0.3) is 5.91 Å². The number of benzene rings is 2. The van der Waals surface area contributed by atoms with Crippen molar-refractivity contribution >= 4 is 35.7 Å². The van der Waals surface area contributed by atoms with E-state index in [1.165, 1.54) is 0 Å². The van der Waals surface area contributed by atoms with Crippen molar-refractivity contribution in [3.63, 3.8) is 0 Å². The van der Waals surface area contributed by atoms with Crippen molar-refractivity contribution in [1.29, 1.82) is 0 Å². The Labute approximate surface area is 158 Å². The van der Waals surface area contributed by atoms with E-state index < -0.39 is 0 Å². The van der Waals surface area contributed by atoms with E-state index in [-0.39, 0.29) is 30.1 Å². The third kappa shape index (κ3) is 4.82. The summed E-state index contributed by atoms with van der Waals surface area (Å²) in [4.78, 5) is 25.4. The van der Waals surface area contributed by atoms with E-state index in [9.17, 15) is 9.59 Å². The van der Waals surface area contributed by atoms with Gasteiger partial charge in [-0.25, -0.2) is 0 Å². The van der Waals surface area contributed by atoms with Gasteiger partial charge in [0, 0.05) is 28.7 Å². The minimum Gasteiger partial charge on any atom is -0.348 e. The Bertz CT molecular complexity index is 741. The van der Waals surface area contributed by atoms with Crippen LogP contribution in [0.4, 0.5) is 0 Å². The molecule has 2 aromatic carbocycles. The zero-order valence-electron chi connectivity index (χ0n) is 13.6. The first-order chi connectivity index (χ1) is 11.6. The molecule has 1 atom stereocenters. The molecule has 1 heterocycles. The van der Waals surface area contributed by atoms with Crippen molar-refractivity contribution in [2.75, 3.05) is 13.1 Å². The van der Waals surface area contributed by atoms with Gasteiger partial charge in [0.1, 0.15) is 0 Å². The van der Waals surface area contributed by atoms with Crippen LogP contribution >= 0.6 is 24.0 Å². The van der Waals surface area contributed by atoms with Crippen LogP contribution in [0.3, 0.4) is 0 Å². The normalized spacial score (nSPS) is 16.6. The number of rotatable bonds is 4. The maximum Gasteiger partial charge on any atom is 0.252 e. The molecule has 2 aromatic rings. The molecule has 0 aliphatic carbocycles. The summed E-state index contributed by atoms with van der Waals surface area (Å²) in [5, 5.41) is 6.85. The van der Waals surface area contributed by atoms with E-state index in [0.717, 1.165) is 25.9 Å². The molecule has 1 unspecified atom stereocenters. The van der Waals surface area contributed by atoms with Gasteiger partial charge in [-0.1, -0.05) is 29.8 Å². The number of nitrogens with one attached hydrogen (secondary N) is 2. The van der Waals surface area contributed by atoms with E-state index in [2.05, 4.69) is 10.6 Å². The topological polar surface area (TPSA) is 58.2 Å². The quantitative estimate of drug-likeness (QED) is 0.800. The lowest BCUT2D eigenvalue weighted by Crippen LogP contribution is -2.45. The molecule has 1 saturated heterocycles. The molecule has 2 N–H and O–H groups in total. The highest BCUT2D eigenvalue weighted by Gasteiger charge is 2.21. The van der Waals surface area contributed by atoms with E-state index in [4.69, 9.17) is 11.6 Å². The minimum absolute atomic E-state index is 0. The number of carbonyl (C=O) groups is 2. The van der Waals surface area contributed by atoms with Crippen LogP contribution in [0.5, 0.6) is 0 Å². The first-order valence-corrected chi connectivity index (χ1v) is 8.44. The first-order valence-electron chi connectivity index (χ1n) is 8.06. The predicted molar refractivity (Wildman–Crippen MR) is 102 cm³/mol. The lowest BCUT2D eigenvalue weighted by Gasteiger charge is -2.24. The van der Waals surface area contributed by atoms with E-state index in [1.54, 1.807) is 48.5 Å². The Kier molecular flexibility index (Phi) is 7.00. The Morgan fingerprint density at radius 1 is 1.04 bits per heavy atom. The average molecular weight is 379 g/mol. The molecular formula is C19H20Cl2N2O2. The first kappa shape index (κ1) is 19.4. The lowest BCUT2D eigenvalue weighted by molar-refractivity contribution is 0.0921. The van der Waals surface area contributed by atoms with Gasteiger partial charge < -0.3 is 10.6 Å². The van der Waals surface area contributed by atoms with Gasteiger partial charge in [-0.3, -0.25) is 9.59 Å². The molecule has 0 radical (unpaired) electrons. The predicted octanol–water partition coefficient (Wildman–Crippen LogP) is 3.47. The van der Waals surface area contributed by atoms with Gasteiger partial charge in [-0.05, 0) is 49.7 Å². The van der Waals surface area contributed by atoms with Gasteiger partial charge in [0.2, 0.25) is 0 Å². The molecule has 1 amide bonds. The summed E-state index contributed by atoms with van der Waals surface area (Å²) < 4.78 is 0. The van der Waals surface area contributed by atoms with Gasteiger partial charge in [0.05, 0.1) is 5.56 Å². The molecule has 0 spiro atoms. The molecule has 6 heteroatoms. The molecular weight excluding hydrogens is 359 g/mol. The second-order valence-electron chi connectivity index (χ2n) is 5.90. The van der Waals surface area contributed by atoms with E-state index in [0.29, 0.717) is 21.7 Å². The van der Waals surface area contributed by atoms with Crippen LogP contribution in [0.25, 0.3) is 0 Å². The average Bonchev–Trinajstić information content (AvgIpc) is 2.62. The zero-order chi connectivity index (χ0) is 16.9. The molecule has 1 aliphatic heterocycles. The maximum absolute atomic E-state index is 12.7. The monoisotopic (exact) mass is 378 g/mol. The zero-order valence-corrected chi connectivity index (χ0v) is 15.2. The van der Waals surface area contributed by atoms with Crippen LogP contribution in [0.2, 0.25) is 5.02 Å². The number of hydrogen-bond donors (Lipinski definition) is 2. The second-order valence-corrected chi connectivity index (χ2v) is 6.33. The molecule has 0 bridgehead atoms.